The Morgan fingerprint density at radius 1 is 1.05 bits per heavy atom. The largest absolute Gasteiger partial charge is 0.573 e. The standard InChI is InChI=1S/C13H8F3NO3/c14-13(15,16)20-10-4-1-8(2-5-10)11-6-3-9(7-18)17-12(11)19/h1-7H,(H,17,19). The molecule has 0 aliphatic rings. The van der Waals surface area contributed by atoms with Crippen LogP contribution < -0.4 is 10.3 Å². The van der Waals surface area contributed by atoms with Crippen LogP contribution in [0, 0.1) is 0 Å². The van der Waals surface area contributed by atoms with Crippen molar-refractivity contribution >= 4 is 6.29 Å². The molecule has 1 N–H and O–H groups in total. The van der Waals surface area contributed by atoms with Crippen LogP contribution in [0.2, 0.25) is 0 Å². The van der Waals surface area contributed by atoms with Gasteiger partial charge in [-0.05, 0) is 29.8 Å². The fraction of sp³-hybridized carbons (Fsp3) is 0.0769. The van der Waals surface area contributed by atoms with Gasteiger partial charge in [-0.15, -0.1) is 13.2 Å². The van der Waals surface area contributed by atoms with Gasteiger partial charge in [0.2, 0.25) is 0 Å². The summed E-state index contributed by atoms with van der Waals surface area (Å²) >= 11 is 0. The molecule has 0 radical (unpaired) electrons. The van der Waals surface area contributed by atoms with Crippen molar-refractivity contribution in [2.75, 3.05) is 0 Å². The SMILES string of the molecule is O=Cc1ccc(-c2ccc(OC(F)(F)F)cc2)c(=O)[nH]1. The van der Waals surface area contributed by atoms with Gasteiger partial charge in [-0.25, -0.2) is 0 Å². The summed E-state index contributed by atoms with van der Waals surface area (Å²) in [4.78, 5) is 24.5. The first-order chi connectivity index (χ1) is 9.39. The Labute approximate surface area is 110 Å². The van der Waals surface area contributed by atoms with Gasteiger partial charge in [-0.2, -0.15) is 0 Å². The second-order valence-corrected chi connectivity index (χ2v) is 3.85. The number of alkyl halides is 3. The highest BCUT2D eigenvalue weighted by atomic mass is 19.4. The molecule has 0 aliphatic heterocycles. The van der Waals surface area contributed by atoms with Crippen molar-refractivity contribution in [2.24, 2.45) is 0 Å². The van der Waals surface area contributed by atoms with E-state index in [1.54, 1.807) is 0 Å². The molecule has 0 fully saturated rings. The number of nitrogens with one attached hydrogen (secondary N) is 1. The van der Waals surface area contributed by atoms with E-state index in [2.05, 4.69) is 9.72 Å². The molecule has 2 aromatic rings. The van der Waals surface area contributed by atoms with Crippen molar-refractivity contribution in [3.05, 3.63) is 52.4 Å². The third-order valence-corrected chi connectivity index (χ3v) is 2.46. The van der Waals surface area contributed by atoms with E-state index in [0.717, 1.165) is 12.1 Å². The Morgan fingerprint density at radius 3 is 2.20 bits per heavy atom. The Hall–Kier alpha value is -2.57. The molecule has 0 spiro atoms. The molecule has 1 aromatic carbocycles. The van der Waals surface area contributed by atoms with Crippen LogP contribution in [0.5, 0.6) is 5.75 Å². The van der Waals surface area contributed by atoms with Gasteiger partial charge in [0.05, 0.1) is 5.69 Å². The monoisotopic (exact) mass is 283 g/mol. The summed E-state index contributed by atoms with van der Waals surface area (Å²) < 4.78 is 39.7. The van der Waals surface area contributed by atoms with Crippen molar-refractivity contribution in [2.45, 2.75) is 6.36 Å². The summed E-state index contributed by atoms with van der Waals surface area (Å²) in [5.74, 6) is -0.373. The maximum atomic E-state index is 12.0. The average Bonchev–Trinajstić information content (AvgIpc) is 2.38. The van der Waals surface area contributed by atoms with Crippen LogP contribution in [0.4, 0.5) is 13.2 Å². The number of pyridine rings is 1. The molecule has 104 valence electrons. The van der Waals surface area contributed by atoms with E-state index in [1.807, 2.05) is 0 Å². The zero-order chi connectivity index (χ0) is 14.8. The zero-order valence-corrected chi connectivity index (χ0v) is 9.90. The molecule has 0 saturated heterocycles. The van der Waals surface area contributed by atoms with Gasteiger partial charge in [-0.3, -0.25) is 9.59 Å². The summed E-state index contributed by atoms with van der Waals surface area (Å²) in [6.45, 7) is 0. The minimum absolute atomic E-state index is 0.121. The highest BCUT2D eigenvalue weighted by Crippen LogP contribution is 2.25. The highest BCUT2D eigenvalue weighted by Gasteiger charge is 2.30. The van der Waals surface area contributed by atoms with E-state index >= 15 is 0 Å². The molecule has 2 rings (SSSR count). The summed E-state index contributed by atoms with van der Waals surface area (Å²) in [6, 6.07) is 7.69. The maximum Gasteiger partial charge on any atom is 0.573 e. The molecule has 0 unspecified atom stereocenters. The number of carbonyl (C=O) groups excluding carboxylic acids is 1. The van der Waals surface area contributed by atoms with E-state index in [4.69, 9.17) is 0 Å². The number of benzene rings is 1. The minimum Gasteiger partial charge on any atom is -0.406 e. The van der Waals surface area contributed by atoms with Gasteiger partial charge in [0.1, 0.15) is 5.75 Å². The Morgan fingerprint density at radius 2 is 1.70 bits per heavy atom. The average molecular weight is 283 g/mol. The van der Waals surface area contributed by atoms with E-state index in [9.17, 15) is 22.8 Å². The molecule has 7 heteroatoms. The van der Waals surface area contributed by atoms with E-state index in [0.29, 0.717) is 11.8 Å². The fourth-order valence-electron chi connectivity index (χ4n) is 1.62. The number of ether oxygens (including phenoxy) is 1. The lowest BCUT2D eigenvalue weighted by Gasteiger charge is -2.09. The molecular formula is C13H8F3NO3. The first kappa shape index (κ1) is 13.9. The molecule has 0 saturated carbocycles. The second kappa shape index (κ2) is 5.20. The molecular weight excluding hydrogens is 275 g/mol. The van der Waals surface area contributed by atoms with Gasteiger partial charge in [0, 0.05) is 5.56 Å². The topological polar surface area (TPSA) is 59.2 Å². The number of aromatic nitrogens is 1. The molecule has 0 atom stereocenters. The predicted molar refractivity (Wildman–Crippen MR) is 64.6 cm³/mol. The van der Waals surface area contributed by atoms with Crippen LogP contribution >= 0.6 is 0 Å². The number of H-pyrrole nitrogens is 1. The van der Waals surface area contributed by atoms with Crippen molar-refractivity contribution in [3.8, 4) is 16.9 Å². The Balaban J connectivity index is 2.31. The molecule has 0 bridgehead atoms. The van der Waals surface area contributed by atoms with Crippen molar-refractivity contribution in [3.63, 3.8) is 0 Å². The lowest BCUT2D eigenvalue weighted by molar-refractivity contribution is -0.274. The first-order valence-corrected chi connectivity index (χ1v) is 5.44. The number of rotatable bonds is 3. The van der Waals surface area contributed by atoms with Crippen LogP contribution in [0.25, 0.3) is 11.1 Å². The Kier molecular flexibility index (Phi) is 3.60. The van der Waals surface area contributed by atoms with Crippen LogP contribution in [0.15, 0.2) is 41.2 Å². The van der Waals surface area contributed by atoms with E-state index in [-0.39, 0.29) is 17.0 Å². The summed E-state index contributed by atoms with van der Waals surface area (Å²) in [6.07, 6.45) is -4.27. The second-order valence-electron chi connectivity index (χ2n) is 3.85. The van der Waals surface area contributed by atoms with Gasteiger partial charge >= 0.3 is 6.36 Å². The normalized spacial score (nSPS) is 11.2. The molecule has 1 aromatic heterocycles. The maximum absolute atomic E-state index is 12.0. The number of halogens is 3. The van der Waals surface area contributed by atoms with Crippen LogP contribution in [-0.4, -0.2) is 17.6 Å². The Bertz CT molecular complexity index is 674. The number of hydrogen-bond acceptors (Lipinski definition) is 3. The van der Waals surface area contributed by atoms with Crippen molar-refractivity contribution in [1.82, 2.24) is 4.98 Å². The van der Waals surface area contributed by atoms with E-state index in [1.165, 1.54) is 24.3 Å². The van der Waals surface area contributed by atoms with Gasteiger partial charge in [-0.1, -0.05) is 12.1 Å². The van der Waals surface area contributed by atoms with Gasteiger partial charge in [0.15, 0.2) is 6.29 Å². The van der Waals surface area contributed by atoms with Crippen LogP contribution in [0.1, 0.15) is 10.5 Å². The predicted octanol–water partition coefficient (Wildman–Crippen LogP) is 2.75. The van der Waals surface area contributed by atoms with Crippen molar-refractivity contribution < 1.29 is 22.7 Å². The molecule has 0 aliphatic carbocycles. The lowest BCUT2D eigenvalue weighted by atomic mass is 10.1. The summed E-state index contributed by atoms with van der Waals surface area (Å²) in [5.41, 5.74) is 0.280. The first-order valence-electron chi connectivity index (χ1n) is 5.44. The summed E-state index contributed by atoms with van der Waals surface area (Å²) in [7, 11) is 0. The third kappa shape index (κ3) is 3.25. The molecule has 0 amide bonds. The van der Waals surface area contributed by atoms with Gasteiger partial charge in [0.25, 0.3) is 5.56 Å². The smallest absolute Gasteiger partial charge is 0.406 e. The minimum atomic E-state index is -4.76. The fourth-order valence-corrected chi connectivity index (χ4v) is 1.62. The quantitative estimate of drug-likeness (QED) is 0.881. The van der Waals surface area contributed by atoms with E-state index < -0.39 is 11.9 Å². The number of aromatic amines is 1. The van der Waals surface area contributed by atoms with Crippen LogP contribution in [-0.2, 0) is 0 Å². The van der Waals surface area contributed by atoms with Crippen LogP contribution in [0.3, 0.4) is 0 Å². The highest BCUT2D eigenvalue weighted by molar-refractivity contribution is 5.73. The molecule has 1 heterocycles. The number of hydrogen-bond donors (Lipinski definition) is 1. The molecule has 20 heavy (non-hydrogen) atoms. The number of aldehydes is 1. The summed E-state index contributed by atoms with van der Waals surface area (Å²) in [5, 5.41) is 0. The van der Waals surface area contributed by atoms with Crippen molar-refractivity contribution in [1.29, 1.82) is 0 Å². The number of carbonyl (C=O) groups is 1. The third-order valence-electron chi connectivity index (χ3n) is 2.46. The van der Waals surface area contributed by atoms with Gasteiger partial charge < -0.3 is 9.72 Å². The lowest BCUT2D eigenvalue weighted by Crippen LogP contribution is -2.17. The zero-order valence-electron chi connectivity index (χ0n) is 9.90. The molecule has 4 nitrogen and oxygen atoms in total.